The van der Waals surface area contributed by atoms with Crippen molar-refractivity contribution >= 4 is 5.82 Å². The maximum atomic E-state index is 9.20. The zero-order valence-electron chi connectivity index (χ0n) is 9.86. The van der Waals surface area contributed by atoms with E-state index in [1.54, 1.807) is 6.92 Å². The maximum absolute atomic E-state index is 9.20. The Morgan fingerprint density at radius 2 is 2.07 bits per heavy atom. The zero-order valence-corrected chi connectivity index (χ0v) is 9.86. The van der Waals surface area contributed by atoms with Gasteiger partial charge in [0.2, 0.25) is 0 Å². The minimum Gasteiger partial charge on any atom is -0.393 e. The van der Waals surface area contributed by atoms with Crippen molar-refractivity contribution in [2.75, 3.05) is 18.5 Å². The Labute approximate surface area is 91.0 Å². The van der Waals surface area contributed by atoms with Gasteiger partial charge in [-0.05, 0) is 27.2 Å². The Hall–Kier alpha value is -1.16. The van der Waals surface area contributed by atoms with Crippen LogP contribution in [0.25, 0.3) is 0 Å². The molecular weight excluding hydrogens is 190 g/mol. The third-order valence-corrected chi connectivity index (χ3v) is 2.23. The second-order valence-corrected chi connectivity index (χ2v) is 3.97. The Balaban J connectivity index is 2.68. The molecule has 15 heavy (non-hydrogen) atoms. The number of nitrogens with zero attached hydrogens (tertiary/aromatic N) is 3. The smallest absolute Gasteiger partial charge is 0.132 e. The highest BCUT2D eigenvalue weighted by molar-refractivity contribution is 5.38. The average molecular weight is 209 g/mol. The van der Waals surface area contributed by atoms with Crippen LogP contribution in [0.15, 0.2) is 6.07 Å². The lowest BCUT2D eigenvalue weighted by molar-refractivity contribution is 0.187. The van der Waals surface area contributed by atoms with Gasteiger partial charge in [0.1, 0.15) is 11.6 Å². The van der Waals surface area contributed by atoms with E-state index in [2.05, 4.69) is 9.97 Å². The van der Waals surface area contributed by atoms with E-state index in [1.165, 1.54) is 0 Å². The van der Waals surface area contributed by atoms with E-state index >= 15 is 0 Å². The van der Waals surface area contributed by atoms with Gasteiger partial charge in [-0.1, -0.05) is 0 Å². The van der Waals surface area contributed by atoms with Crippen molar-refractivity contribution in [3.05, 3.63) is 17.6 Å². The first kappa shape index (κ1) is 11.9. The fourth-order valence-corrected chi connectivity index (χ4v) is 1.39. The Bertz CT molecular complexity index is 305. The topological polar surface area (TPSA) is 49.2 Å². The van der Waals surface area contributed by atoms with Gasteiger partial charge in [-0.15, -0.1) is 0 Å². The van der Waals surface area contributed by atoms with E-state index in [9.17, 15) is 5.11 Å². The standard InChI is InChI=1S/C11H19N3O/c1-8-7-11(13-10(3)12-8)14(4)6-5-9(2)15/h7,9,15H,5-6H2,1-4H3. The van der Waals surface area contributed by atoms with Gasteiger partial charge in [0.25, 0.3) is 0 Å². The Kier molecular flexibility index (Phi) is 4.03. The van der Waals surface area contributed by atoms with Crippen molar-refractivity contribution < 1.29 is 5.11 Å². The minimum atomic E-state index is -0.267. The van der Waals surface area contributed by atoms with E-state index < -0.39 is 0 Å². The van der Waals surface area contributed by atoms with Crippen LogP contribution in [-0.4, -0.2) is 34.8 Å². The van der Waals surface area contributed by atoms with E-state index in [-0.39, 0.29) is 6.10 Å². The van der Waals surface area contributed by atoms with Gasteiger partial charge in [0.05, 0.1) is 6.10 Å². The number of aliphatic hydroxyl groups is 1. The first-order valence-electron chi connectivity index (χ1n) is 5.20. The highest BCUT2D eigenvalue weighted by Crippen LogP contribution is 2.11. The molecule has 0 bridgehead atoms. The number of aliphatic hydroxyl groups excluding tert-OH is 1. The van der Waals surface area contributed by atoms with E-state index in [0.717, 1.165) is 30.3 Å². The number of anilines is 1. The van der Waals surface area contributed by atoms with Crippen molar-refractivity contribution in [1.82, 2.24) is 9.97 Å². The maximum Gasteiger partial charge on any atom is 0.132 e. The zero-order chi connectivity index (χ0) is 11.4. The summed E-state index contributed by atoms with van der Waals surface area (Å²) in [5.41, 5.74) is 0.974. The molecule has 0 saturated heterocycles. The SMILES string of the molecule is Cc1cc(N(C)CCC(C)O)nc(C)n1. The molecule has 1 unspecified atom stereocenters. The van der Waals surface area contributed by atoms with Gasteiger partial charge >= 0.3 is 0 Å². The summed E-state index contributed by atoms with van der Waals surface area (Å²) in [4.78, 5) is 10.6. The van der Waals surface area contributed by atoms with Crippen molar-refractivity contribution in [2.45, 2.75) is 33.3 Å². The molecule has 84 valence electrons. The molecule has 1 aromatic rings. The predicted octanol–water partition coefficient (Wildman–Crippen LogP) is 1.30. The third kappa shape index (κ3) is 3.83. The van der Waals surface area contributed by atoms with Gasteiger partial charge in [0, 0.05) is 25.4 Å². The van der Waals surface area contributed by atoms with Crippen LogP contribution >= 0.6 is 0 Å². The quantitative estimate of drug-likeness (QED) is 0.812. The van der Waals surface area contributed by atoms with Crippen molar-refractivity contribution in [3.63, 3.8) is 0 Å². The summed E-state index contributed by atoms with van der Waals surface area (Å²) in [7, 11) is 1.98. The summed E-state index contributed by atoms with van der Waals surface area (Å²) in [5, 5.41) is 9.20. The number of rotatable bonds is 4. The molecule has 0 aromatic carbocycles. The first-order chi connectivity index (χ1) is 6.99. The fraction of sp³-hybridized carbons (Fsp3) is 0.636. The molecule has 0 saturated carbocycles. The molecule has 1 aromatic heterocycles. The van der Waals surface area contributed by atoms with E-state index in [1.807, 2.05) is 31.9 Å². The number of aryl methyl sites for hydroxylation is 2. The number of aromatic nitrogens is 2. The second kappa shape index (κ2) is 5.07. The average Bonchev–Trinajstić information content (AvgIpc) is 2.12. The molecule has 0 aliphatic heterocycles. The van der Waals surface area contributed by atoms with Crippen molar-refractivity contribution in [3.8, 4) is 0 Å². The normalized spacial score (nSPS) is 12.6. The van der Waals surface area contributed by atoms with Crippen LogP contribution in [0.1, 0.15) is 24.9 Å². The van der Waals surface area contributed by atoms with Gasteiger partial charge in [0.15, 0.2) is 0 Å². The molecule has 0 aliphatic rings. The summed E-state index contributed by atoms with van der Waals surface area (Å²) in [6.07, 6.45) is 0.481. The minimum absolute atomic E-state index is 0.267. The summed E-state index contributed by atoms with van der Waals surface area (Å²) in [6, 6.07) is 1.95. The monoisotopic (exact) mass is 209 g/mol. The van der Waals surface area contributed by atoms with Gasteiger partial charge in [-0.25, -0.2) is 9.97 Å². The lowest BCUT2D eigenvalue weighted by Crippen LogP contribution is -2.23. The first-order valence-corrected chi connectivity index (χ1v) is 5.20. The summed E-state index contributed by atoms with van der Waals surface area (Å²) >= 11 is 0. The van der Waals surface area contributed by atoms with Gasteiger partial charge < -0.3 is 10.0 Å². The van der Waals surface area contributed by atoms with Crippen LogP contribution in [0, 0.1) is 13.8 Å². The fourth-order valence-electron chi connectivity index (χ4n) is 1.39. The molecule has 0 spiro atoms. The molecule has 4 heteroatoms. The second-order valence-electron chi connectivity index (χ2n) is 3.97. The van der Waals surface area contributed by atoms with Crippen LogP contribution < -0.4 is 4.90 Å². The highest BCUT2D eigenvalue weighted by Gasteiger charge is 2.05. The molecule has 0 amide bonds. The predicted molar refractivity (Wildman–Crippen MR) is 61.1 cm³/mol. The summed E-state index contributed by atoms with van der Waals surface area (Å²) < 4.78 is 0. The molecule has 0 aliphatic carbocycles. The van der Waals surface area contributed by atoms with Crippen molar-refractivity contribution in [1.29, 1.82) is 0 Å². The van der Waals surface area contributed by atoms with Gasteiger partial charge in [-0.2, -0.15) is 0 Å². The van der Waals surface area contributed by atoms with Crippen LogP contribution in [0.2, 0.25) is 0 Å². The molecule has 4 nitrogen and oxygen atoms in total. The molecule has 1 rings (SSSR count). The lowest BCUT2D eigenvalue weighted by Gasteiger charge is -2.19. The lowest BCUT2D eigenvalue weighted by atomic mass is 10.2. The Morgan fingerprint density at radius 1 is 1.40 bits per heavy atom. The Morgan fingerprint density at radius 3 is 2.60 bits per heavy atom. The van der Waals surface area contributed by atoms with Crippen LogP contribution in [0.5, 0.6) is 0 Å². The molecule has 1 N–H and O–H groups in total. The van der Waals surface area contributed by atoms with E-state index in [4.69, 9.17) is 0 Å². The summed E-state index contributed by atoms with van der Waals surface area (Å²) in [5.74, 6) is 1.70. The van der Waals surface area contributed by atoms with E-state index in [0.29, 0.717) is 0 Å². The van der Waals surface area contributed by atoms with Crippen molar-refractivity contribution in [2.24, 2.45) is 0 Å². The number of hydrogen-bond acceptors (Lipinski definition) is 4. The largest absolute Gasteiger partial charge is 0.393 e. The summed E-state index contributed by atoms with van der Waals surface area (Å²) in [6.45, 7) is 6.44. The molecule has 1 heterocycles. The van der Waals surface area contributed by atoms with Crippen LogP contribution in [-0.2, 0) is 0 Å². The molecule has 1 atom stereocenters. The number of hydrogen-bond donors (Lipinski definition) is 1. The van der Waals surface area contributed by atoms with Crippen LogP contribution in [0.3, 0.4) is 0 Å². The van der Waals surface area contributed by atoms with Gasteiger partial charge in [-0.3, -0.25) is 0 Å². The molecule has 0 radical (unpaired) electrons. The van der Waals surface area contributed by atoms with Crippen LogP contribution in [0.4, 0.5) is 5.82 Å². The highest BCUT2D eigenvalue weighted by atomic mass is 16.3. The molecular formula is C11H19N3O. The third-order valence-electron chi connectivity index (χ3n) is 2.23. The molecule has 0 fully saturated rings.